The zero-order valence-corrected chi connectivity index (χ0v) is 80.2. The lowest BCUT2D eigenvalue weighted by atomic mass is 9.85. The predicted octanol–water partition coefficient (Wildman–Crippen LogP) is 12.3. The van der Waals surface area contributed by atoms with E-state index in [0.29, 0.717) is 194 Å². The minimum Gasteiger partial charge on any atom is -0.379 e. The summed E-state index contributed by atoms with van der Waals surface area (Å²) in [5.41, 5.74) is 16.8. The number of carbonyl (C=O) groups is 3. The number of hydrazine groups is 3. The maximum Gasteiger partial charge on any atom is 0.416 e. The minimum atomic E-state index is -4.65. The predicted molar refractivity (Wildman–Crippen MR) is 529 cm³/mol. The van der Waals surface area contributed by atoms with Crippen molar-refractivity contribution >= 4 is 86.8 Å². The number of likely N-dealkylation sites (N-methyl/N-ethyl adjacent to an activating group) is 3. The van der Waals surface area contributed by atoms with E-state index in [9.17, 15) is 41.6 Å². The molecule has 0 spiro atoms. The van der Waals surface area contributed by atoms with E-state index in [-0.39, 0.29) is 28.7 Å². The molecule has 6 aliphatic heterocycles. The van der Waals surface area contributed by atoms with Crippen molar-refractivity contribution in [2.45, 2.75) is 89.9 Å². The number of amides is 3. The van der Waals surface area contributed by atoms with Crippen molar-refractivity contribution in [3.8, 4) is 23.5 Å². The highest BCUT2D eigenvalue weighted by molar-refractivity contribution is 6.06. The number of nitriles is 1. The number of carbonyl (C=O) groups excluding carboxylic acids is 3. The highest BCUT2D eigenvalue weighted by Crippen LogP contribution is 2.38. The highest BCUT2D eigenvalue weighted by atomic mass is 19.4. The van der Waals surface area contributed by atoms with Crippen LogP contribution in [0.1, 0.15) is 102 Å². The number of piperazine rings is 3. The molecule has 42 heteroatoms. The average Bonchev–Trinajstić information content (AvgIpc) is 1.61. The first-order valence-corrected chi connectivity index (χ1v) is 47.6. The number of halogens is 5. The first kappa shape index (κ1) is 98.3. The van der Waals surface area contributed by atoms with Gasteiger partial charge >= 0.3 is 6.18 Å². The fourth-order valence-corrected chi connectivity index (χ4v) is 17.8. The van der Waals surface area contributed by atoms with Crippen molar-refractivity contribution in [2.75, 3.05) is 214 Å². The third-order valence-electron chi connectivity index (χ3n) is 26.0. The van der Waals surface area contributed by atoms with E-state index in [1.54, 1.807) is 68.6 Å². The number of benzene rings is 6. The van der Waals surface area contributed by atoms with Gasteiger partial charge in [0.1, 0.15) is 53.9 Å². The summed E-state index contributed by atoms with van der Waals surface area (Å²) in [6.45, 7) is 22.5. The Morgan fingerprint density at radius 3 is 1.17 bits per heavy atom. The molecule has 0 bridgehead atoms. The van der Waals surface area contributed by atoms with Gasteiger partial charge in [-0.05, 0) is 143 Å². The van der Waals surface area contributed by atoms with Crippen LogP contribution in [0.5, 0.6) is 0 Å². The van der Waals surface area contributed by atoms with E-state index >= 15 is 0 Å². The fourth-order valence-electron chi connectivity index (χ4n) is 17.8. The van der Waals surface area contributed by atoms with Gasteiger partial charge in [-0.25, -0.2) is 53.7 Å². The molecule has 3 amide bonds. The van der Waals surface area contributed by atoms with Crippen LogP contribution in [0.2, 0.25) is 0 Å². The van der Waals surface area contributed by atoms with Crippen molar-refractivity contribution in [3.63, 3.8) is 0 Å². The number of aromatic nitrogens is 12. The molecule has 12 aromatic rings. The number of alkyl halides is 5. The molecule has 18 rings (SSSR count). The Labute approximate surface area is 819 Å². The summed E-state index contributed by atoms with van der Waals surface area (Å²) in [6.07, 6.45) is -0.254. The maximum absolute atomic E-state index is 14.9. The first-order chi connectivity index (χ1) is 68.5. The Morgan fingerprint density at radius 1 is 0.408 bits per heavy atom. The van der Waals surface area contributed by atoms with Crippen LogP contribution in [0, 0.1) is 18.3 Å². The summed E-state index contributed by atoms with van der Waals surface area (Å²) in [5, 5.41) is 52.3. The molecule has 142 heavy (non-hydrogen) atoms. The van der Waals surface area contributed by atoms with Gasteiger partial charge in [0.25, 0.3) is 23.6 Å². The molecule has 6 aliphatic rings. The van der Waals surface area contributed by atoms with Gasteiger partial charge in [-0.2, -0.15) is 47.8 Å². The van der Waals surface area contributed by atoms with Crippen molar-refractivity contribution in [2.24, 2.45) is 0 Å². The van der Waals surface area contributed by atoms with Crippen LogP contribution in [0.3, 0.4) is 0 Å². The van der Waals surface area contributed by atoms with Crippen LogP contribution in [0.25, 0.3) is 17.5 Å². The molecule has 0 saturated carbocycles. The van der Waals surface area contributed by atoms with Crippen molar-refractivity contribution in [1.29, 1.82) is 5.26 Å². The maximum atomic E-state index is 14.9. The van der Waals surface area contributed by atoms with Gasteiger partial charge in [0.05, 0.1) is 72.8 Å². The molecule has 6 fully saturated rings. The van der Waals surface area contributed by atoms with E-state index in [4.69, 9.17) is 44.5 Å². The highest BCUT2D eigenvalue weighted by Gasteiger charge is 2.34. The number of aryl methyl sites for hydroxylation is 1. The van der Waals surface area contributed by atoms with Crippen molar-refractivity contribution in [3.05, 3.63) is 250 Å². The number of nitrogens with zero attached hydrogens (tertiary/aromatic N) is 22. The van der Waals surface area contributed by atoms with Gasteiger partial charge in [-0.3, -0.25) is 29.1 Å². The summed E-state index contributed by atoms with van der Waals surface area (Å²) in [4.78, 5) is 84.4. The Balaban J connectivity index is 0.646. The topological polar surface area (TPSA) is 371 Å². The SMILES string of the molecule is Cc1ccc(NC(=O)c2cccc(C(F)(F)F)c2)cc1Nc1cc(CN2CCOC(Cc3ccc(NC(=O)c4cccc(C(C)(F)F)c4)cc3Nc3cc(CN4CCOC(Cc5ccc(NC(=O)c6cccc(C(C)(C)C#N)c6)cc5Nc5cc(CN6CCOCC6)nn5-c5cc(NN6CCN(C)CC6)ncn5)C4)nn3-c3cc(NN4CCN(C)CC4)ncn3)C2)nn1-c1cc(NN2CCN(C)CC2)ncn1. The van der Waals surface area contributed by atoms with E-state index in [0.717, 1.165) is 133 Å². The van der Waals surface area contributed by atoms with Gasteiger partial charge in [-0.1, -0.05) is 48.5 Å². The standard InChI is InChI=1S/C100H116F5N31O6/c1-66-17-20-75(113-97(139)71-13-10-16-74(45-71)100(103,104)105)48-83(66)116-92-52-79(120-134(92)89-54-86(107-63-110-89)122-131-29-23-125(5)24-30-131)58-129-37-41-141-81(60-129)47-68-19-22-77(115-96(138)70-12-9-15-73(44-70)99(4,101)102)50-85(68)118-94-53-80(121-136(94)91-56-88(109-65-112-91)124-133-33-27-127(7)28-34-133)59-130-38-42-142-82(61-130)46-67-18-21-76(114-95(137)69-11-8-14-72(43-69)98(2,3)62-106)49-84(67)117-93-51-78(57-128-35-39-140-40-36-128)119-135(93)90-55-87(108-64-111-90)123-132-31-25-126(6)26-32-132/h8-22,43-45,48-56,63-65,81-82,116-118H,23-42,46-47,57-61H2,1-7H3,(H,113,139)(H,114,137)(H,115,138)(H,107,110,122)(H,108,111,123)(H,109,112,124). The monoisotopic (exact) mass is 1940 g/mol. The Kier molecular flexibility index (Phi) is 30.2. The van der Waals surface area contributed by atoms with Gasteiger partial charge in [-0.15, -0.1) is 0 Å². The zero-order valence-electron chi connectivity index (χ0n) is 80.2. The minimum absolute atomic E-state index is 0.0288. The Morgan fingerprint density at radius 2 is 0.768 bits per heavy atom. The quantitative estimate of drug-likeness (QED) is 0.0173. The van der Waals surface area contributed by atoms with E-state index in [1.165, 1.54) is 55.4 Å². The largest absolute Gasteiger partial charge is 0.416 e. The second-order valence-electron chi connectivity index (χ2n) is 37.4. The Bertz CT molecular complexity index is 6510. The van der Waals surface area contributed by atoms with E-state index in [2.05, 4.69) is 135 Å². The average molecular weight is 1940 g/mol. The van der Waals surface area contributed by atoms with Gasteiger partial charge < -0.3 is 77.1 Å². The summed E-state index contributed by atoms with van der Waals surface area (Å²) in [5.74, 6) is -0.277. The summed E-state index contributed by atoms with van der Waals surface area (Å²) < 4.78 is 95.8. The fraction of sp³-hybridized carbons (Fsp3) is 0.390. The second kappa shape index (κ2) is 43.7. The molecule has 6 aromatic heterocycles. The van der Waals surface area contributed by atoms with Gasteiger partial charge in [0.15, 0.2) is 17.5 Å². The second-order valence-corrected chi connectivity index (χ2v) is 37.4. The van der Waals surface area contributed by atoms with Gasteiger partial charge in [0, 0.05) is 250 Å². The summed E-state index contributed by atoms with van der Waals surface area (Å²) >= 11 is 0. The van der Waals surface area contributed by atoms with Crippen LogP contribution in [0.15, 0.2) is 183 Å². The summed E-state index contributed by atoms with van der Waals surface area (Å²) in [7, 11) is 6.27. The number of hydrogen-bond acceptors (Lipinski definition) is 31. The normalized spacial score (nSPS) is 17.8. The molecule has 0 aliphatic carbocycles. The number of rotatable bonds is 33. The smallest absolute Gasteiger partial charge is 0.379 e. The van der Waals surface area contributed by atoms with Crippen molar-refractivity contribution in [1.82, 2.24) is 104 Å². The Hall–Kier alpha value is -13.9. The van der Waals surface area contributed by atoms with Crippen LogP contribution < -0.4 is 48.2 Å². The lowest BCUT2D eigenvalue weighted by molar-refractivity contribution is -0.137. The molecule has 0 radical (unpaired) electrons. The number of anilines is 12. The molecular formula is C100H116F5N31O6. The van der Waals surface area contributed by atoms with Crippen molar-refractivity contribution < 1.29 is 50.5 Å². The molecule has 742 valence electrons. The van der Waals surface area contributed by atoms with Crippen LogP contribution in [-0.4, -0.2) is 299 Å². The third-order valence-corrected chi connectivity index (χ3v) is 26.0. The molecule has 2 unspecified atom stereocenters. The molecule has 37 nitrogen and oxygen atoms in total. The molecular weight excluding hydrogens is 1830 g/mol. The number of hydrogen-bond donors (Lipinski definition) is 9. The van der Waals surface area contributed by atoms with Crippen LogP contribution >= 0.6 is 0 Å². The first-order valence-electron chi connectivity index (χ1n) is 47.6. The molecule has 2 atom stereocenters. The molecule has 6 aromatic carbocycles. The lowest BCUT2D eigenvalue weighted by Crippen LogP contribution is -2.47. The molecule has 6 saturated heterocycles. The molecule has 9 N–H and O–H groups in total. The number of morpholine rings is 3. The van der Waals surface area contributed by atoms with Crippen LogP contribution in [-0.2, 0) is 64.2 Å². The van der Waals surface area contributed by atoms with E-state index < -0.39 is 41.0 Å². The van der Waals surface area contributed by atoms with E-state index in [1.807, 2.05) is 81.4 Å². The van der Waals surface area contributed by atoms with Gasteiger partial charge in [0.2, 0.25) is 0 Å². The molecule has 12 heterocycles. The zero-order chi connectivity index (χ0) is 98.8. The number of nitrogens with one attached hydrogen (secondary N) is 9. The van der Waals surface area contributed by atoms with Crippen LogP contribution in [0.4, 0.5) is 91.0 Å². The summed E-state index contributed by atoms with van der Waals surface area (Å²) in [6, 6.07) is 47.0. The lowest BCUT2D eigenvalue weighted by Gasteiger charge is -2.33. The number of ether oxygens (including phenoxy) is 3. The third kappa shape index (κ3) is 25.1.